The number of nitrogens with zero attached hydrogens (tertiary/aromatic N) is 3. The molecule has 70 valence electrons. The molecule has 2 rings (SSSR count). The minimum Gasteiger partial charge on any atom is -0.369 e. The van der Waals surface area contributed by atoms with Gasteiger partial charge in [-0.15, -0.1) is 0 Å². The van der Waals surface area contributed by atoms with Crippen LogP contribution < -0.4 is 4.90 Å². The lowest BCUT2D eigenvalue weighted by atomic mass is 9.99. The highest BCUT2D eigenvalue weighted by molar-refractivity contribution is 5.41. The molecule has 0 amide bonds. The van der Waals surface area contributed by atoms with Gasteiger partial charge in [0.25, 0.3) is 0 Å². The quantitative estimate of drug-likeness (QED) is 0.654. The average molecular weight is 177 g/mol. The molecule has 0 radical (unpaired) electrons. The van der Waals surface area contributed by atoms with Crippen LogP contribution >= 0.6 is 0 Å². The van der Waals surface area contributed by atoms with E-state index in [1.54, 1.807) is 6.33 Å². The maximum Gasteiger partial charge on any atom is 0.115 e. The fourth-order valence-electron chi connectivity index (χ4n) is 1.72. The highest BCUT2D eigenvalue weighted by Crippen LogP contribution is 2.20. The Morgan fingerprint density at radius 3 is 2.46 bits per heavy atom. The molecule has 1 saturated heterocycles. The van der Waals surface area contributed by atoms with E-state index in [4.69, 9.17) is 0 Å². The number of aromatic nitrogens is 2. The van der Waals surface area contributed by atoms with Crippen LogP contribution in [-0.2, 0) is 0 Å². The molecular formula is C10H15N3. The van der Waals surface area contributed by atoms with Gasteiger partial charge >= 0.3 is 0 Å². The monoisotopic (exact) mass is 177 g/mol. The molecule has 0 spiro atoms. The third-order valence-electron chi connectivity index (χ3n) is 2.70. The molecule has 0 atom stereocenters. The Labute approximate surface area is 78.8 Å². The summed E-state index contributed by atoms with van der Waals surface area (Å²) in [6.45, 7) is 4.61. The second-order valence-electron chi connectivity index (χ2n) is 3.77. The Balaban J connectivity index is 2.03. The van der Waals surface area contributed by atoms with Gasteiger partial charge in [-0.2, -0.15) is 0 Å². The van der Waals surface area contributed by atoms with Crippen molar-refractivity contribution in [1.82, 2.24) is 9.97 Å². The lowest BCUT2D eigenvalue weighted by Gasteiger charge is -2.31. The highest BCUT2D eigenvalue weighted by Gasteiger charge is 2.15. The molecule has 0 saturated carbocycles. The number of hydrogen-bond donors (Lipinski definition) is 0. The zero-order valence-corrected chi connectivity index (χ0v) is 7.98. The highest BCUT2D eigenvalue weighted by atomic mass is 15.1. The van der Waals surface area contributed by atoms with Crippen molar-refractivity contribution in [2.45, 2.75) is 19.8 Å². The molecule has 1 aromatic rings. The first kappa shape index (κ1) is 8.48. The van der Waals surface area contributed by atoms with Crippen molar-refractivity contribution in [3.63, 3.8) is 0 Å². The maximum absolute atomic E-state index is 4.03. The van der Waals surface area contributed by atoms with Crippen LogP contribution in [0.1, 0.15) is 19.8 Å². The van der Waals surface area contributed by atoms with Crippen molar-refractivity contribution in [2.75, 3.05) is 18.0 Å². The Kier molecular flexibility index (Phi) is 2.43. The number of hydrogen-bond acceptors (Lipinski definition) is 3. The Bertz CT molecular complexity index is 252. The van der Waals surface area contributed by atoms with Gasteiger partial charge < -0.3 is 4.90 Å². The van der Waals surface area contributed by atoms with E-state index in [1.165, 1.54) is 12.8 Å². The summed E-state index contributed by atoms with van der Waals surface area (Å²) in [5, 5.41) is 0. The van der Waals surface area contributed by atoms with Crippen molar-refractivity contribution in [1.29, 1.82) is 0 Å². The van der Waals surface area contributed by atoms with Crippen LogP contribution in [0.25, 0.3) is 0 Å². The third-order valence-corrected chi connectivity index (χ3v) is 2.70. The fraction of sp³-hybridized carbons (Fsp3) is 0.600. The molecule has 2 heterocycles. The Hall–Kier alpha value is -1.12. The van der Waals surface area contributed by atoms with E-state index in [-0.39, 0.29) is 0 Å². The van der Waals surface area contributed by atoms with Gasteiger partial charge in [-0.3, -0.25) is 0 Å². The summed E-state index contributed by atoms with van der Waals surface area (Å²) < 4.78 is 0. The second-order valence-corrected chi connectivity index (χ2v) is 3.77. The van der Waals surface area contributed by atoms with E-state index < -0.39 is 0 Å². The molecule has 3 heteroatoms. The van der Waals surface area contributed by atoms with Crippen LogP contribution in [0.5, 0.6) is 0 Å². The molecule has 0 unspecified atom stereocenters. The first-order chi connectivity index (χ1) is 6.36. The summed E-state index contributed by atoms with van der Waals surface area (Å²) >= 11 is 0. The fourth-order valence-corrected chi connectivity index (χ4v) is 1.72. The second kappa shape index (κ2) is 3.73. The first-order valence-electron chi connectivity index (χ1n) is 4.86. The van der Waals surface area contributed by atoms with Crippen molar-refractivity contribution >= 4 is 5.69 Å². The SMILES string of the molecule is CC1CCN(c2cncnc2)CC1. The molecule has 1 aliphatic heterocycles. The molecular weight excluding hydrogens is 162 g/mol. The van der Waals surface area contributed by atoms with Crippen molar-refractivity contribution in [2.24, 2.45) is 5.92 Å². The zero-order valence-electron chi connectivity index (χ0n) is 7.98. The van der Waals surface area contributed by atoms with Crippen LogP contribution in [0.2, 0.25) is 0 Å². The topological polar surface area (TPSA) is 29.0 Å². The molecule has 1 aliphatic rings. The number of rotatable bonds is 1. The number of anilines is 1. The summed E-state index contributed by atoms with van der Waals surface area (Å²) in [4.78, 5) is 10.4. The smallest absolute Gasteiger partial charge is 0.115 e. The summed E-state index contributed by atoms with van der Waals surface area (Å²) in [7, 11) is 0. The van der Waals surface area contributed by atoms with Gasteiger partial charge in [0.05, 0.1) is 18.1 Å². The van der Waals surface area contributed by atoms with E-state index in [2.05, 4.69) is 21.8 Å². The normalized spacial score (nSPS) is 19.0. The summed E-state index contributed by atoms with van der Waals surface area (Å²) in [6, 6.07) is 0. The van der Waals surface area contributed by atoms with E-state index in [0.717, 1.165) is 24.7 Å². The van der Waals surface area contributed by atoms with Crippen LogP contribution in [0, 0.1) is 5.92 Å². The Morgan fingerprint density at radius 1 is 1.23 bits per heavy atom. The Morgan fingerprint density at radius 2 is 1.85 bits per heavy atom. The molecule has 0 aliphatic carbocycles. The van der Waals surface area contributed by atoms with Gasteiger partial charge in [0, 0.05) is 13.1 Å². The minimum atomic E-state index is 0.876. The van der Waals surface area contributed by atoms with E-state index >= 15 is 0 Å². The van der Waals surface area contributed by atoms with Crippen molar-refractivity contribution < 1.29 is 0 Å². The summed E-state index contributed by atoms with van der Waals surface area (Å²) in [6.07, 6.45) is 7.94. The lowest BCUT2D eigenvalue weighted by Crippen LogP contribution is -2.32. The molecule has 0 aromatic carbocycles. The maximum atomic E-state index is 4.03. The summed E-state index contributed by atoms with van der Waals surface area (Å²) in [5.41, 5.74) is 1.16. The largest absolute Gasteiger partial charge is 0.369 e. The average Bonchev–Trinajstić information content (AvgIpc) is 2.20. The molecule has 0 bridgehead atoms. The third kappa shape index (κ3) is 1.97. The predicted molar refractivity (Wildman–Crippen MR) is 52.6 cm³/mol. The van der Waals surface area contributed by atoms with Gasteiger partial charge in [0.2, 0.25) is 0 Å². The van der Waals surface area contributed by atoms with Crippen molar-refractivity contribution in [3.05, 3.63) is 18.7 Å². The van der Waals surface area contributed by atoms with Gasteiger partial charge in [0.15, 0.2) is 0 Å². The van der Waals surface area contributed by atoms with Crippen LogP contribution in [-0.4, -0.2) is 23.1 Å². The van der Waals surface area contributed by atoms with Gasteiger partial charge in [-0.05, 0) is 18.8 Å². The predicted octanol–water partition coefficient (Wildman–Crippen LogP) is 1.71. The molecule has 0 N–H and O–H groups in total. The van der Waals surface area contributed by atoms with Crippen LogP contribution in [0.3, 0.4) is 0 Å². The van der Waals surface area contributed by atoms with Gasteiger partial charge in [0.1, 0.15) is 6.33 Å². The standard InChI is InChI=1S/C10H15N3/c1-9-2-4-13(5-3-9)10-6-11-8-12-7-10/h6-9H,2-5H2,1H3. The van der Waals surface area contributed by atoms with Gasteiger partial charge in [-0.25, -0.2) is 9.97 Å². The molecule has 1 aromatic heterocycles. The van der Waals surface area contributed by atoms with Crippen LogP contribution in [0.4, 0.5) is 5.69 Å². The van der Waals surface area contributed by atoms with E-state index in [1.807, 2.05) is 12.4 Å². The minimum absolute atomic E-state index is 0.876. The van der Waals surface area contributed by atoms with Crippen LogP contribution in [0.15, 0.2) is 18.7 Å². The zero-order chi connectivity index (χ0) is 9.10. The first-order valence-corrected chi connectivity index (χ1v) is 4.86. The van der Waals surface area contributed by atoms with Crippen molar-refractivity contribution in [3.8, 4) is 0 Å². The summed E-state index contributed by atoms with van der Waals surface area (Å²) in [5.74, 6) is 0.876. The molecule has 3 nitrogen and oxygen atoms in total. The molecule has 1 fully saturated rings. The van der Waals surface area contributed by atoms with Gasteiger partial charge in [-0.1, -0.05) is 6.92 Å². The van der Waals surface area contributed by atoms with E-state index in [9.17, 15) is 0 Å². The van der Waals surface area contributed by atoms with E-state index in [0.29, 0.717) is 0 Å². The lowest BCUT2D eigenvalue weighted by molar-refractivity contribution is 0.438. The molecule has 13 heavy (non-hydrogen) atoms. The number of piperidine rings is 1.